The molecule has 0 aliphatic heterocycles. The minimum atomic E-state index is -0.800. The number of hydrogen-bond acceptors (Lipinski definition) is 4. The zero-order chi connectivity index (χ0) is 13.5. The van der Waals surface area contributed by atoms with Crippen molar-refractivity contribution in [3.63, 3.8) is 0 Å². The SMILES string of the molecule is COC(C=O)CC(=O)Nc1ccccc1C(N)=O. The first-order valence-electron chi connectivity index (χ1n) is 5.25. The minimum Gasteiger partial charge on any atom is -0.373 e. The van der Waals surface area contributed by atoms with Gasteiger partial charge < -0.3 is 20.6 Å². The second-order valence-corrected chi connectivity index (χ2v) is 3.57. The number of carbonyl (C=O) groups excluding carboxylic acids is 3. The molecule has 2 amide bonds. The molecule has 6 heteroatoms. The smallest absolute Gasteiger partial charge is 0.250 e. The highest BCUT2D eigenvalue weighted by atomic mass is 16.5. The van der Waals surface area contributed by atoms with Gasteiger partial charge in [-0.3, -0.25) is 9.59 Å². The average molecular weight is 250 g/mol. The Morgan fingerprint density at radius 1 is 1.44 bits per heavy atom. The van der Waals surface area contributed by atoms with Gasteiger partial charge in [-0.15, -0.1) is 0 Å². The van der Waals surface area contributed by atoms with E-state index in [-0.39, 0.29) is 12.0 Å². The highest BCUT2D eigenvalue weighted by Crippen LogP contribution is 2.14. The molecule has 1 aromatic carbocycles. The van der Waals surface area contributed by atoms with Crippen LogP contribution in [0.1, 0.15) is 16.8 Å². The van der Waals surface area contributed by atoms with Crippen LogP contribution < -0.4 is 11.1 Å². The zero-order valence-electron chi connectivity index (χ0n) is 9.88. The van der Waals surface area contributed by atoms with Crippen molar-refractivity contribution in [2.75, 3.05) is 12.4 Å². The van der Waals surface area contributed by atoms with Crippen LogP contribution in [0.15, 0.2) is 24.3 Å². The number of para-hydroxylation sites is 1. The summed E-state index contributed by atoms with van der Waals surface area (Å²) in [5, 5.41) is 2.51. The van der Waals surface area contributed by atoms with Crippen molar-refractivity contribution in [3.05, 3.63) is 29.8 Å². The topological polar surface area (TPSA) is 98.5 Å². The van der Waals surface area contributed by atoms with E-state index in [2.05, 4.69) is 5.32 Å². The molecule has 0 radical (unpaired) electrons. The van der Waals surface area contributed by atoms with Crippen molar-refractivity contribution in [2.45, 2.75) is 12.5 Å². The number of benzene rings is 1. The number of amides is 2. The van der Waals surface area contributed by atoms with E-state index in [1.807, 2.05) is 0 Å². The van der Waals surface area contributed by atoms with Crippen LogP contribution in [0.25, 0.3) is 0 Å². The summed E-state index contributed by atoms with van der Waals surface area (Å²) in [6.45, 7) is 0. The molecular formula is C12H14N2O4. The van der Waals surface area contributed by atoms with Crippen molar-refractivity contribution in [1.29, 1.82) is 0 Å². The zero-order valence-corrected chi connectivity index (χ0v) is 9.88. The van der Waals surface area contributed by atoms with E-state index in [0.717, 1.165) is 0 Å². The highest BCUT2D eigenvalue weighted by molar-refractivity contribution is 6.03. The van der Waals surface area contributed by atoms with Gasteiger partial charge in [0, 0.05) is 7.11 Å². The van der Waals surface area contributed by atoms with Crippen molar-refractivity contribution >= 4 is 23.8 Å². The molecule has 0 aliphatic rings. The Morgan fingerprint density at radius 3 is 2.67 bits per heavy atom. The number of nitrogens with one attached hydrogen (secondary N) is 1. The second-order valence-electron chi connectivity index (χ2n) is 3.57. The fourth-order valence-electron chi connectivity index (χ4n) is 1.38. The van der Waals surface area contributed by atoms with E-state index < -0.39 is 17.9 Å². The average Bonchev–Trinajstić information content (AvgIpc) is 2.36. The Hall–Kier alpha value is -2.21. The number of nitrogens with two attached hydrogens (primary N) is 1. The fraction of sp³-hybridized carbons (Fsp3) is 0.250. The summed E-state index contributed by atoms with van der Waals surface area (Å²) in [7, 11) is 1.34. The lowest BCUT2D eigenvalue weighted by Crippen LogP contribution is -2.24. The summed E-state index contributed by atoms with van der Waals surface area (Å²) in [5.74, 6) is -1.06. The third-order valence-corrected chi connectivity index (χ3v) is 2.31. The molecule has 1 unspecified atom stereocenters. The highest BCUT2D eigenvalue weighted by Gasteiger charge is 2.14. The number of anilines is 1. The maximum absolute atomic E-state index is 11.6. The molecular weight excluding hydrogens is 236 g/mol. The van der Waals surface area contributed by atoms with Crippen LogP contribution in [-0.4, -0.2) is 31.3 Å². The number of primary amides is 1. The van der Waals surface area contributed by atoms with E-state index in [4.69, 9.17) is 10.5 Å². The van der Waals surface area contributed by atoms with Crippen LogP contribution >= 0.6 is 0 Å². The van der Waals surface area contributed by atoms with Gasteiger partial charge in [-0.2, -0.15) is 0 Å². The summed E-state index contributed by atoms with van der Waals surface area (Å²) < 4.78 is 4.76. The summed E-state index contributed by atoms with van der Waals surface area (Å²) in [5.41, 5.74) is 5.70. The lowest BCUT2D eigenvalue weighted by Gasteiger charge is -2.11. The quantitative estimate of drug-likeness (QED) is 0.710. The van der Waals surface area contributed by atoms with Crippen LogP contribution in [0.2, 0.25) is 0 Å². The Balaban J connectivity index is 2.76. The summed E-state index contributed by atoms with van der Waals surface area (Å²) >= 11 is 0. The first-order chi connectivity index (χ1) is 8.58. The van der Waals surface area contributed by atoms with Crippen LogP contribution in [0.3, 0.4) is 0 Å². The van der Waals surface area contributed by atoms with Gasteiger partial charge in [0.05, 0.1) is 17.7 Å². The summed E-state index contributed by atoms with van der Waals surface area (Å²) in [4.78, 5) is 33.3. The predicted molar refractivity (Wildman–Crippen MR) is 65.1 cm³/mol. The van der Waals surface area contributed by atoms with Crippen LogP contribution in [0, 0.1) is 0 Å². The molecule has 0 saturated carbocycles. The first-order valence-corrected chi connectivity index (χ1v) is 5.25. The number of hydrogen-bond donors (Lipinski definition) is 2. The normalized spacial score (nSPS) is 11.6. The monoisotopic (exact) mass is 250 g/mol. The predicted octanol–water partition coefficient (Wildman–Crippen LogP) is 0.328. The van der Waals surface area contributed by atoms with E-state index >= 15 is 0 Å². The molecule has 1 atom stereocenters. The lowest BCUT2D eigenvalue weighted by molar-refractivity contribution is -0.124. The van der Waals surface area contributed by atoms with Crippen LogP contribution in [0.4, 0.5) is 5.69 Å². The molecule has 0 heterocycles. The van der Waals surface area contributed by atoms with Gasteiger partial charge in [-0.1, -0.05) is 12.1 Å². The van der Waals surface area contributed by atoms with Gasteiger partial charge in [0.15, 0.2) is 0 Å². The Bertz CT molecular complexity index is 459. The van der Waals surface area contributed by atoms with Gasteiger partial charge in [0.1, 0.15) is 12.4 Å². The lowest BCUT2D eigenvalue weighted by atomic mass is 10.1. The maximum atomic E-state index is 11.6. The molecule has 1 aromatic rings. The van der Waals surface area contributed by atoms with Gasteiger partial charge in [-0.25, -0.2) is 0 Å². The van der Waals surface area contributed by atoms with Gasteiger partial charge in [0.2, 0.25) is 5.91 Å². The standard InChI is InChI=1S/C12H14N2O4/c1-18-8(7-15)6-11(16)14-10-5-3-2-4-9(10)12(13)17/h2-5,7-8H,6H2,1H3,(H2,13,17)(H,14,16). The van der Waals surface area contributed by atoms with E-state index in [1.54, 1.807) is 18.2 Å². The third kappa shape index (κ3) is 3.67. The first kappa shape index (κ1) is 13.9. The van der Waals surface area contributed by atoms with Gasteiger partial charge >= 0.3 is 0 Å². The van der Waals surface area contributed by atoms with Crippen LogP contribution in [-0.2, 0) is 14.3 Å². The minimum absolute atomic E-state index is 0.118. The molecule has 18 heavy (non-hydrogen) atoms. The maximum Gasteiger partial charge on any atom is 0.250 e. The van der Waals surface area contributed by atoms with E-state index in [9.17, 15) is 14.4 Å². The number of aldehydes is 1. The van der Waals surface area contributed by atoms with Crippen molar-refractivity contribution in [3.8, 4) is 0 Å². The molecule has 0 aliphatic carbocycles. The number of rotatable bonds is 6. The molecule has 0 spiro atoms. The Kier molecular flexibility index (Phi) is 5.01. The molecule has 0 bridgehead atoms. The summed E-state index contributed by atoms with van der Waals surface area (Å²) in [6.07, 6.45) is -0.377. The molecule has 6 nitrogen and oxygen atoms in total. The molecule has 1 rings (SSSR count). The van der Waals surface area contributed by atoms with Gasteiger partial charge in [0.25, 0.3) is 5.91 Å². The molecule has 0 saturated heterocycles. The number of carbonyl (C=O) groups is 3. The fourth-order valence-corrected chi connectivity index (χ4v) is 1.38. The molecule has 0 fully saturated rings. The van der Waals surface area contributed by atoms with Crippen LogP contribution in [0.5, 0.6) is 0 Å². The Morgan fingerprint density at radius 2 is 2.11 bits per heavy atom. The third-order valence-electron chi connectivity index (χ3n) is 2.31. The van der Waals surface area contributed by atoms with E-state index in [1.165, 1.54) is 13.2 Å². The Labute approximate surface area is 104 Å². The largest absolute Gasteiger partial charge is 0.373 e. The van der Waals surface area contributed by atoms with Crippen molar-refractivity contribution in [2.24, 2.45) is 5.73 Å². The summed E-state index contributed by atoms with van der Waals surface area (Å²) in [6, 6.07) is 6.36. The molecule has 0 aromatic heterocycles. The number of methoxy groups -OCH3 is 1. The van der Waals surface area contributed by atoms with Gasteiger partial charge in [-0.05, 0) is 12.1 Å². The van der Waals surface area contributed by atoms with E-state index in [0.29, 0.717) is 12.0 Å². The van der Waals surface area contributed by atoms with Crippen molar-refractivity contribution in [1.82, 2.24) is 0 Å². The molecule has 96 valence electrons. The second kappa shape index (κ2) is 6.51. The number of ether oxygens (including phenoxy) is 1. The van der Waals surface area contributed by atoms with Crippen molar-refractivity contribution < 1.29 is 19.1 Å². The molecule has 3 N–H and O–H groups in total.